The molecule has 0 aromatic heterocycles. The summed E-state index contributed by atoms with van der Waals surface area (Å²) in [6.45, 7) is 4.25. The van der Waals surface area contributed by atoms with Crippen molar-refractivity contribution in [2.24, 2.45) is 5.92 Å². The molecule has 90 valence electrons. The third-order valence-electron chi connectivity index (χ3n) is 4.16. The summed E-state index contributed by atoms with van der Waals surface area (Å²) >= 11 is 0. The molecule has 1 aliphatic heterocycles. The van der Waals surface area contributed by atoms with Gasteiger partial charge in [-0.3, -0.25) is 4.90 Å². The van der Waals surface area contributed by atoms with Crippen LogP contribution in [-0.2, 0) is 0 Å². The molecule has 2 nitrogen and oxygen atoms in total. The van der Waals surface area contributed by atoms with Crippen molar-refractivity contribution in [1.29, 1.82) is 0 Å². The van der Waals surface area contributed by atoms with Crippen molar-refractivity contribution in [1.82, 2.24) is 10.2 Å². The van der Waals surface area contributed by atoms with Gasteiger partial charge in [-0.2, -0.15) is 0 Å². The van der Waals surface area contributed by atoms with E-state index in [0.29, 0.717) is 6.54 Å². The molecule has 16 heavy (non-hydrogen) atoms. The van der Waals surface area contributed by atoms with Crippen LogP contribution in [0.3, 0.4) is 0 Å². The van der Waals surface area contributed by atoms with E-state index in [-0.39, 0.29) is 0 Å². The highest BCUT2D eigenvalue weighted by Gasteiger charge is 2.32. The van der Waals surface area contributed by atoms with Crippen molar-refractivity contribution in [3.63, 3.8) is 0 Å². The lowest BCUT2D eigenvalue weighted by Gasteiger charge is -2.29. The Morgan fingerprint density at radius 3 is 2.75 bits per heavy atom. The highest BCUT2D eigenvalue weighted by atomic mass is 15.2. The van der Waals surface area contributed by atoms with Crippen molar-refractivity contribution < 1.29 is 0 Å². The van der Waals surface area contributed by atoms with Gasteiger partial charge in [0.1, 0.15) is 0 Å². The zero-order chi connectivity index (χ0) is 11.2. The molecule has 1 heterocycles. The molecule has 2 aliphatic rings. The molecule has 0 spiro atoms. The molecule has 0 aromatic carbocycles. The molecule has 0 amide bonds. The molecule has 2 fully saturated rings. The fraction of sp³-hybridized carbons (Fsp3) is 0.857. The molecule has 1 unspecified atom stereocenters. The fourth-order valence-corrected chi connectivity index (χ4v) is 3.39. The Bertz CT molecular complexity index is 238. The number of terminal acetylenes is 1. The third-order valence-corrected chi connectivity index (χ3v) is 4.16. The largest absolute Gasteiger partial charge is 0.305 e. The maximum atomic E-state index is 5.22. The van der Waals surface area contributed by atoms with Crippen LogP contribution in [-0.4, -0.2) is 37.1 Å². The molecular weight excluding hydrogens is 196 g/mol. The van der Waals surface area contributed by atoms with Crippen molar-refractivity contribution >= 4 is 0 Å². The molecule has 0 aromatic rings. The molecule has 1 saturated carbocycles. The number of hydrogen-bond donors (Lipinski definition) is 1. The van der Waals surface area contributed by atoms with Gasteiger partial charge >= 0.3 is 0 Å². The van der Waals surface area contributed by atoms with E-state index in [0.717, 1.165) is 18.5 Å². The Morgan fingerprint density at radius 1 is 1.19 bits per heavy atom. The predicted molar refractivity (Wildman–Crippen MR) is 68.3 cm³/mol. The summed E-state index contributed by atoms with van der Waals surface area (Å²) in [7, 11) is 0. The zero-order valence-electron chi connectivity index (χ0n) is 10.3. The van der Waals surface area contributed by atoms with Crippen LogP contribution in [0.25, 0.3) is 0 Å². The van der Waals surface area contributed by atoms with Crippen LogP contribution in [0.15, 0.2) is 0 Å². The second-order valence-corrected chi connectivity index (χ2v) is 5.17. The normalized spacial score (nSPS) is 27.3. The van der Waals surface area contributed by atoms with Gasteiger partial charge in [0, 0.05) is 19.1 Å². The lowest BCUT2D eigenvalue weighted by atomic mass is 9.96. The maximum absolute atomic E-state index is 5.22. The summed E-state index contributed by atoms with van der Waals surface area (Å²) in [6, 6.07) is 0.884. The minimum atomic E-state index is 0.710. The van der Waals surface area contributed by atoms with E-state index in [1.165, 1.54) is 51.6 Å². The summed E-state index contributed by atoms with van der Waals surface area (Å²) in [5.74, 6) is 3.63. The van der Waals surface area contributed by atoms with E-state index in [9.17, 15) is 0 Å². The highest BCUT2D eigenvalue weighted by Crippen LogP contribution is 2.34. The van der Waals surface area contributed by atoms with Crippen molar-refractivity contribution in [2.75, 3.05) is 26.2 Å². The third kappa shape index (κ3) is 2.99. The van der Waals surface area contributed by atoms with E-state index in [2.05, 4.69) is 16.1 Å². The molecule has 2 rings (SSSR count). The molecule has 1 N–H and O–H groups in total. The van der Waals surface area contributed by atoms with Gasteiger partial charge in [0.05, 0.1) is 6.54 Å². The van der Waals surface area contributed by atoms with Crippen molar-refractivity contribution in [2.45, 2.75) is 44.6 Å². The van der Waals surface area contributed by atoms with Gasteiger partial charge in [0.25, 0.3) is 0 Å². The fourth-order valence-electron chi connectivity index (χ4n) is 3.39. The summed E-state index contributed by atoms with van der Waals surface area (Å²) in [6.07, 6.45) is 13.9. The zero-order valence-corrected chi connectivity index (χ0v) is 10.3. The van der Waals surface area contributed by atoms with Gasteiger partial charge in [-0.1, -0.05) is 18.8 Å². The van der Waals surface area contributed by atoms with Gasteiger partial charge in [0.15, 0.2) is 0 Å². The summed E-state index contributed by atoms with van der Waals surface area (Å²) < 4.78 is 0. The van der Waals surface area contributed by atoms with E-state index >= 15 is 0 Å². The van der Waals surface area contributed by atoms with E-state index in [1.807, 2.05) is 0 Å². The molecule has 1 saturated heterocycles. The van der Waals surface area contributed by atoms with Crippen LogP contribution in [0.1, 0.15) is 38.5 Å². The number of nitrogens with zero attached hydrogens (tertiary/aromatic N) is 1. The van der Waals surface area contributed by atoms with E-state index in [1.54, 1.807) is 0 Å². The standard InChI is InChI=1S/C14H24N2/c1-2-9-15-10-12-16-11-5-8-14(16)13-6-3-4-7-13/h1,13-15H,3-12H2. The lowest BCUT2D eigenvalue weighted by molar-refractivity contribution is 0.192. The van der Waals surface area contributed by atoms with Crippen LogP contribution in [0.4, 0.5) is 0 Å². The second kappa shape index (κ2) is 6.27. The topological polar surface area (TPSA) is 15.3 Å². The molecule has 0 radical (unpaired) electrons. The monoisotopic (exact) mass is 220 g/mol. The average molecular weight is 220 g/mol. The van der Waals surface area contributed by atoms with Crippen LogP contribution in [0.2, 0.25) is 0 Å². The Morgan fingerprint density at radius 2 is 2.00 bits per heavy atom. The van der Waals surface area contributed by atoms with Crippen LogP contribution in [0.5, 0.6) is 0 Å². The first kappa shape index (κ1) is 12.0. The molecule has 2 heteroatoms. The number of rotatable bonds is 5. The molecule has 1 aliphatic carbocycles. The SMILES string of the molecule is C#CCNCCN1CCCC1C1CCCC1. The van der Waals surface area contributed by atoms with Crippen molar-refractivity contribution in [3.8, 4) is 12.3 Å². The summed E-state index contributed by atoms with van der Waals surface area (Å²) in [5, 5.41) is 3.30. The van der Waals surface area contributed by atoms with E-state index in [4.69, 9.17) is 6.42 Å². The number of hydrogen-bond acceptors (Lipinski definition) is 2. The van der Waals surface area contributed by atoms with Crippen LogP contribution in [0, 0.1) is 18.3 Å². The quantitative estimate of drug-likeness (QED) is 0.562. The smallest absolute Gasteiger partial charge is 0.0574 e. The van der Waals surface area contributed by atoms with Crippen molar-refractivity contribution in [3.05, 3.63) is 0 Å². The first-order valence-electron chi connectivity index (χ1n) is 6.80. The van der Waals surface area contributed by atoms with Gasteiger partial charge in [-0.25, -0.2) is 0 Å². The van der Waals surface area contributed by atoms with E-state index < -0.39 is 0 Å². The minimum absolute atomic E-state index is 0.710. The molecule has 0 bridgehead atoms. The van der Waals surface area contributed by atoms with Gasteiger partial charge in [-0.15, -0.1) is 6.42 Å². The lowest BCUT2D eigenvalue weighted by Crippen LogP contribution is -2.39. The Kier molecular flexibility index (Phi) is 4.69. The Balaban J connectivity index is 1.72. The molecular formula is C14H24N2. The Labute approximate surface area is 99.8 Å². The average Bonchev–Trinajstić information content (AvgIpc) is 2.94. The number of nitrogens with one attached hydrogen (secondary N) is 1. The summed E-state index contributed by atoms with van der Waals surface area (Å²) in [5.41, 5.74) is 0. The number of likely N-dealkylation sites (tertiary alicyclic amines) is 1. The maximum Gasteiger partial charge on any atom is 0.0574 e. The Hall–Kier alpha value is -0.520. The second-order valence-electron chi connectivity index (χ2n) is 5.17. The van der Waals surface area contributed by atoms with Crippen LogP contribution >= 0.6 is 0 Å². The van der Waals surface area contributed by atoms with Gasteiger partial charge in [-0.05, 0) is 38.1 Å². The first-order chi connectivity index (χ1) is 7.92. The first-order valence-corrected chi connectivity index (χ1v) is 6.80. The minimum Gasteiger partial charge on any atom is -0.305 e. The van der Waals surface area contributed by atoms with Gasteiger partial charge < -0.3 is 5.32 Å². The highest BCUT2D eigenvalue weighted by molar-refractivity contribution is 4.89. The molecule has 1 atom stereocenters. The van der Waals surface area contributed by atoms with Crippen LogP contribution < -0.4 is 5.32 Å². The summed E-state index contributed by atoms with van der Waals surface area (Å²) in [4.78, 5) is 2.69. The van der Waals surface area contributed by atoms with Gasteiger partial charge in [0.2, 0.25) is 0 Å². The predicted octanol–water partition coefficient (Wildman–Crippen LogP) is 1.86.